The summed E-state index contributed by atoms with van der Waals surface area (Å²) in [6.07, 6.45) is 5.52. The summed E-state index contributed by atoms with van der Waals surface area (Å²) in [4.78, 5) is 13.2. The monoisotopic (exact) mass is 276 g/mol. The predicted molar refractivity (Wildman–Crippen MR) is 76.0 cm³/mol. The standard InChI is InChI=1S/C14H16N2O2S/c1-4-18-14(17)13-10(2)8-11(19-3)9-12(13)16-7-5-6-15-16/h5-9H,4H2,1-3H3. The molecule has 0 unspecified atom stereocenters. The number of ether oxygens (including phenoxy) is 1. The van der Waals surface area contributed by atoms with E-state index in [9.17, 15) is 4.79 Å². The molecule has 0 aliphatic rings. The number of aromatic nitrogens is 2. The van der Waals surface area contributed by atoms with Crippen molar-refractivity contribution in [1.29, 1.82) is 0 Å². The first-order valence-electron chi connectivity index (χ1n) is 6.03. The zero-order valence-electron chi connectivity index (χ0n) is 11.2. The minimum absolute atomic E-state index is 0.307. The number of hydrogen-bond donors (Lipinski definition) is 0. The van der Waals surface area contributed by atoms with Gasteiger partial charge in [-0.2, -0.15) is 5.10 Å². The zero-order chi connectivity index (χ0) is 13.8. The molecule has 0 N–H and O–H groups in total. The Kier molecular flexibility index (Phi) is 4.27. The van der Waals surface area contributed by atoms with E-state index < -0.39 is 0 Å². The summed E-state index contributed by atoms with van der Waals surface area (Å²) in [5.74, 6) is -0.307. The molecule has 0 amide bonds. The Morgan fingerprint density at radius 3 is 2.84 bits per heavy atom. The van der Waals surface area contributed by atoms with Crippen molar-refractivity contribution in [3.8, 4) is 5.69 Å². The second-order valence-corrected chi connectivity index (χ2v) is 4.89. The molecule has 1 aromatic carbocycles. The molecule has 1 aromatic heterocycles. The van der Waals surface area contributed by atoms with Crippen LogP contribution < -0.4 is 0 Å². The van der Waals surface area contributed by atoms with E-state index in [4.69, 9.17) is 4.74 Å². The number of hydrogen-bond acceptors (Lipinski definition) is 4. The second-order valence-electron chi connectivity index (χ2n) is 4.01. The van der Waals surface area contributed by atoms with Crippen molar-refractivity contribution in [2.75, 3.05) is 12.9 Å². The van der Waals surface area contributed by atoms with Gasteiger partial charge in [0, 0.05) is 17.3 Å². The van der Waals surface area contributed by atoms with Crippen LogP contribution >= 0.6 is 11.8 Å². The molecular formula is C14H16N2O2S. The van der Waals surface area contributed by atoms with E-state index in [0.717, 1.165) is 16.1 Å². The van der Waals surface area contributed by atoms with Gasteiger partial charge in [0.1, 0.15) is 0 Å². The molecule has 19 heavy (non-hydrogen) atoms. The van der Waals surface area contributed by atoms with Gasteiger partial charge in [0.05, 0.1) is 17.9 Å². The van der Waals surface area contributed by atoms with Crippen molar-refractivity contribution >= 4 is 17.7 Å². The molecule has 0 bridgehead atoms. The first-order chi connectivity index (χ1) is 9.17. The van der Waals surface area contributed by atoms with E-state index in [1.165, 1.54) is 0 Å². The highest BCUT2D eigenvalue weighted by Gasteiger charge is 2.18. The minimum atomic E-state index is -0.307. The van der Waals surface area contributed by atoms with Crippen molar-refractivity contribution in [3.05, 3.63) is 41.7 Å². The number of thioether (sulfide) groups is 1. The van der Waals surface area contributed by atoms with Crippen molar-refractivity contribution in [2.45, 2.75) is 18.7 Å². The molecule has 0 aliphatic carbocycles. The fourth-order valence-corrected chi connectivity index (χ4v) is 2.44. The van der Waals surface area contributed by atoms with E-state index in [1.54, 1.807) is 29.6 Å². The molecule has 0 saturated carbocycles. The molecule has 0 radical (unpaired) electrons. The molecule has 0 spiro atoms. The van der Waals surface area contributed by atoms with Crippen LogP contribution in [-0.2, 0) is 4.74 Å². The van der Waals surface area contributed by atoms with Crippen molar-refractivity contribution in [2.24, 2.45) is 0 Å². The lowest BCUT2D eigenvalue weighted by Crippen LogP contribution is -2.12. The van der Waals surface area contributed by atoms with Crippen LogP contribution in [0.3, 0.4) is 0 Å². The van der Waals surface area contributed by atoms with Crippen LogP contribution in [-0.4, -0.2) is 28.6 Å². The summed E-state index contributed by atoms with van der Waals surface area (Å²) in [6, 6.07) is 5.77. The zero-order valence-corrected chi connectivity index (χ0v) is 12.0. The van der Waals surface area contributed by atoms with E-state index in [-0.39, 0.29) is 5.97 Å². The summed E-state index contributed by atoms with van der Waals surface area (Å²) >= 11 is 1.63. The van der Waals surface area contributed by atoms with Gasteiger partial charge in [-0.1, -0.05) is 0 Å². The normalized spacial score (nSPS) is 10.5. The van der Waals surface area contributed by atoms with Crippen LogP contribution in [0.2, 0.25) is 0 Å². The van der Waals surface area contributed by atoms with Gasteiger partial charge in [0.15, 0.2) is 0 Å². The van der Waals surface area contributed by atoms with Gasteiger partial charge in [-0.15, -0.1) is 11.8 Å². The summed E-state index contributed by atoms with van der Waals surface area (Å²) < 4.78 is 6.83. The maximum absolute atomic E-state index is 12.1. The van der Waals surface area contributed by atoms with Gasteiger partial charge < -0.3 is 4.74 Å². The second kappa shape index (κ2) is 5.93. The van der Waals surface area contributed by atoms with Crippen LogP contribution in [0.25, 0.3) is 5.69 Å². The Labute approximate surface area is 116 Å². The van der Waals surface area contributed by atoms with E-state index in [1.807, 2.05) is 37.6 Å². The quantitative estimate of drug-likeness (QED) is 0.636. The average Bonchev–Trinajstić information content (AvgIpc) is 2.91. The van der Waals surface area contributed by atoms with E-state index in [0.29, 0.717) is 12.2 Å². The molecule has 0 atom stereocenters. The molecule has 2 rings (SSSR count). The predicted octanol–water partition coefficient (Wildman–Crippen LogP) is 3.08. The number of esters is 1. The fraction of sp³-hybridized carbons (Fsp3) is 0.286. The smallest absolute Gasteiger partial charge is 0.340 e. The molecule has 100 valence electrons. The number of carbonyl (C=O) groups excluding carboxylic acids is 1. The largest absolute Gasteiger partial charge is 0.462 e. The minimum Gasteiger partial charge on any atom is -0.462 e. The highest BCUT2D eigenvalue weighted by molar-refractivity contribution is 7.98. The SMILES string of the molecule is CCOC(=O)c1c(C)cc(SC)cc1-n1cccn1. The number of benzene rings is 1. The highest BCUT2D eigenvalue weighted by atomic mass is 32.2. The average molecular weight is 276 g/mol. The Bertz CT molecular complexity index is 579. The third kappa shape index (κ3) is 2.81. The van der Waals surface area contributed by atoms with Gasteiger partial charge >= 0.3 is 5.97 Å². The lowest BCUT2D eigenvalue weighted by molar-refractivity contribution is 0.0525. The summed E-state index contributed by atoms with van der Waals surface area (Å²) in [6.45, 7) is 4.08. The number of rotatable bonds is 4. The lowest BCUT2D eigenvalue weighted by Gasteiger charge is -2.13. The summed E-state index contributed by atoms with van der Waals surface area (Å²) in [7, 11) is 0. The third-order valence-electron chi connectivity index (χ3n) is 2.75. The van der Waals surface area contributed by atoms with Crippen LogP contribution in [0.15, 0.2) is 35.5 Å². The highest BCUT2D eigenvalue weighted by Crippen LogP contribution is 2.26. The van der Waals surface area contributed by atoms with Crippen molar-refractivity contribution in [3.63, 3.8) is 0 Å². The van der Waals surface area contributed by atoms with Gasteiger partial charge in [0.2, 0.25) is 0 Å². The van der Waals surface area contributed by atoms with Crippen LogP contribution in [0.1, 0.15) is 22.8 Å². The number of nitrogens with zero attached hydrogens (tertiary/aromatic N) is 2. The van der Waals surface area contributed by atoms with Gasteiger partial charge in [-0.3, -0.25) is 0 Å². The molecule has 0 saturated heterocycles. The molecule has 4 nitrogen and oxygen atoms in total. The first-order valence-corrected chi connectivity index (χ1v) is 7.25. The van der Waals surface area contributed by atoms with E-state index >= 15 is 0 Å². The Hall–Kier alpha value is -1.75. The summed E-state index contributed by atoms with van der Waals surface area (Å²) in [5.41, 5.74) is 2.23. The maximum Gasteiger partial charge on any atom is 0.340 e. The molecule has 0 aliphatic heterocycles. The van der Waals surface area contributed by atoms with Crippen LogP contribution in [0.4, 0.5) is 0 Å². The van der Waals surface area contributed by atoms with E-state index in [2.05, 4.69) is 5.10 Å². The Morgan fingerprint density at radius 1 is 1.47 bits per heavy atom. The van der Waals surface area contributed by atoms with Crippen molar-refractivity contribution in [1.82, 2.24) is 9.78 Å². The van der Waals surface area contributed by atoms with Gasteiger partial charge in [-0.25, -0.2) is 9.48 Å². The maximum atomic E-state index is 12.1. The third-order valence-corrected chi connectivity index (χ3v) is 3.46. The topological polar surface area (TPSA) is 44.1 Å². The fourth-order valence-electron chi connectivity index (χ4n) is 1.91. The molecule has 0 fully saturated rings. The molecule has 2 aromatic rings. The van der Waals surface area contributed by atoms with Crippen molar-refractivity contribution < 1.29 is 9.53 Å². The first kappa shape index (κ1) is 13.7. The molecule has 5 heteroatoms. The van der Waals surface area contributed by atoms with Gasteiger partial charge in [-0.05, 0) is 43.9 Å². The Balaban J connectivity index is 2.60. The number of carbonyl (C=O) groups is 1. The van der Waals surface area contributed by atoms with Crippen LogP contribution in [0.5, 0.6) is 0 Å². The Morgan fingerprint density at radius 2 is 2.26 bits per heavy atom. The van der Waals surface area contributed by atoms with Crippen LogP contribution in [0, 0.1) is 6.92 Å². The van der Waals surface area contributed by atoms with Gasteiger partial charge in [0.25, 0.3) is 0 Å². The molecular weight excluding hydrogens is 260 g/mol. The lowest BCUT2D eigenvalue weighted by atomic mass is 10.1. The number of aryl methyl sites for hydroxylation is 1. The molecule has 1 heterocycles. The summed E-state index contributed by atoms with van der Waals surface area (Å²) in [5, 5.41) is 4.21.